The van der Waals surface area contributed by atoms with Crippen LogP contribution in [0.3, 0.4) is 0 Å². The summed E-state index contributed by atoms with van der Waals surface area (Å²) in [7, 11) is -3.06. The normalized spacial score (nSPS) is 13.6. The number of benzene rings is 1. The lowest BCUT2D eigenvalue weighted by Gasteiger charge is -2.20. The van der Waals surface area contributed by atoms with Crippen molar-refractivity contribution in [1.29, 1.82) is 0 Å². The molecule has 0 saturated heterocycles. The molecule has 0 radical (unpaired) electrons. The van der Waals surface area contributed by atoms with Crippen LogP contribution in [0.2, 0.25) is 0 Å². The highest BCUT2D eigenvalue weighted by molar-refractivity contribution is 7.92. The van der Waals surface area contributed by atoms with E-state index >= 15 is 0 Å². The van der Waals surface area contributed by atoms with Crippen molar-refractivity contribution >= 4 is 9.84 Å². The summed E-state index contributed by atoms with van der Waals surface area (Å²) < 4.78 is 24.4. The average Bonchev–Trinajstić information content (AvgIpc) is 2.44. The zero-order valence-corrected chi connectivity index (χ0v) is 14.5. The first kappa shape index (κ1) is 18.2. The predicted octanol–water partition coefficient (Wildman–Crippen LogP) is 3.50. The summed E-state index contributed by atoms with van der Waals surface area (Å²) in [4.78, 5) is 0. The van der Waals surface area contributed by atoms with Gasteiger partial charge in [0, 0.05) is 6.04 Å². The van der Waals surface area contributed by atoms with Gasteiger partial charge >= 0.3 is 0 Å². The first-order valence-corrected chi connectivity index (χ1v) is 9.66. The number of sulfone groups is 1. The van der Waals surface area contributed by atoms with Crippen molar-refractivity contribution in [3.05, 3.63) is 35.4 Å². The molecule has 0 aliphatic carbocycles. The Labute approximate surface area is 130 Å². The Bertz CT molecular complexity index is 506. The number of nitrogens with one attached hydrogen (secondary N) is 1. The zero-order valence-electron chi connectivity index (χ0n) is 13.7. The summed E-state index contributed by atoms with van der Waals surface area (Å²) in [5.41, 5.74) is 2.37. The standard InChI is InChI=1S/C17H29NO2S/c1-5-7-15-8-10-16(11-9-15)17(18-12-6-2)13-21(19,20)14(3)4/h8-11,14,17-18H,5-7,12-13H2,1-4H3. The Morgan fingerprint density at radius 3 is 2.14 bits per heavy atom. The summed E-state index contributed by atoms with van der Waals surface area (Å²) in [6, 6.07) is 8.23. The lowest BCUT2D eigenvalue weighted by atomic mass is 10.0. The molecule has 21 heavy (non-hydrogen) atoms. The molecule has 1 rings (SSSR count). The second-order valence-corrected chi connectivity index (χ2v) is 8.48. The molecule has 0 fully saturated rings. The summed E-state index contributed by atoms with van der Waals surface area (Å²) >= 11 is 0. The van der Waals surface area contributed by atoms with Crippen LogP contribution in [0.15, 0.2) is 24.3 Å². The minimum Gasteiger partial charge on any atom is -0.309 e. The third-order valence-corrected chi connectivity index (χ3v) is 5.91. The van der Waals surface area contributed by atoms with Gasteiger partial charge in [-0.1, -0.05) is 44.5 Å². The van der Waals surface area contributed by atoms with Gasteiger partial charge < -0.3 is 5.32 Å². The predicted molar refractivity (Wildman–Crippen MR) is 90.4 cm³/mol. The molecule has 0 aliphatic rings. The first-order valence-electron chi connectivity index (χ1n) is 7.94. The Morgan fingerprint density at radius 2 is 1.67 bits per heavy atom. The van der Waals surface area contributed by atoms with Crippen molar-refractivity contribution in [2.75, 3.05) is 12.3 Å². The molecule has 1 atom stereocenters. The molecule has 1 aromatic carbocycles. The fourth-order valence-electron chi connectivity index (χ4n) is 2.22. The highest BCUT2D eigenvalue weighted by Gasteiger charge is 2.23. The van der Waals surface area contributed by atoms with Crippen LogP contribution < -0.4 is 5.32 Å². The molecule has 0 spiro atoms. The van der Waals surface area contributed by atoms with Crippen LogP contribution in [-0.4, -0.2) is 26.0 Å². The Kier molecular flexibility index (Phi) is 7.40. The minimum atomic E-state index is -3.06. The highest BCUT2D eigenvalue weighted by atomic mass is 32.2. The zero-order chi connectivity index (χ0) is 15.9. The van der Waals surface area contributed by atoms with Crippen LogP contribution in [0, 0.1) is 0 Å². The van der Waals surface area contributed by atoms with Crippen LogP contribution in [0.1, 0.15) is 57.7 Å². The van der Waals surface area contributed by atoms with Crippen molar-refractivity contribution in [1.82, 2.24) is 5.32 Å². The molecule has 3 nitrogen and oxygen atoms in total. The quantitative estimate of drug-likeness (QED) is 0.759. The second kappa shape index (κ2) is 8.54. The van der Waals surface area contributed by atoms with E-state index in [1.807, 2.05) is 0 Å². The van der Waals surface area contributed by atoms with E-state index in [2.05, 4.69) is 43.4 Å². The van der Waals surface area contributed by atoms with E-state index in [0.29, 0.717) is 0 Å². The summed E-state index contributed by atoms with van der Waals surface area (Å²) in [6.07, 6.45) is 3.18. The molecule has 4 heteroatoms. The van der Waals surface area contributed by atoms with Gasteiger partial charge in [0.2, 0.25) is 0 Å². The van der Waals surface area contributed by atoms with Gasteiger partial charge in [0.25, 0.3) is 0 Å². The molecule has 0 aliphatic heterocycles. The number of hydrogen-bond acceptors (Lipinski definition) is 3. The van der Waals surface area contributed by atoms with Crippen molar-refractivity contribution in [2.45, 2.75) is 58.2 Å². The molecule has 0 saturated carbocycles. The fraction of sp³-hybridized carbons (Fsp3) is 0.647. The van der Waals surface area contributed by atoms with Gasteiger partial charge in [0.15, 0.2) is 9.84 Å². The molecule has 1 aromatic rings. The van der Waals surface area contributed by atoms with Crippen LogP contribution in [0.4, 0.5) is 0 Å². The van der Waals surface area contributed by atoms with E-state index in [9.17, 15) is 8.42 Å². The van der Waals surface area contributed by atoms with Gasteiger partial charge in [0.1, 0.15) is 0 Å². The summed E-state index contributed by atoms with van der Waals surface area (Å²) in [6.45, 7) is 8.57. The maximum Gasteiger partial charge on any atom is 0.154 e. The highest BCUT2D eigenvalue weighted by Crippen LogP contribution is 2.19. The maximum absolute atomic E-state index is 12.2. The number of aryl methyl sites for hydroxylation is 1. The number of hydrogen-bond donors (Lipinski definition) is 1. The van der Waals surface area contributed by atoms with E-state index in [1.54, 1.807) is 13.8 Å². The molecule has 0 amide bonds. The fourth-order valence-corrected chi connectivity index (χ4v) is 3.38. The molecular formula is C17H29NO2S. The van der Waals surface area contributed by atoms with Crippen molar-refractivity contribution < 1.29 is 8.42 Å². The topological polar surface area (TPSA) is 46.2 Å². The van der Waals surface area contributed by atoms with Crippen LogP contribution >= 0.6 is 0 Å². The van der Waals surface area contributed by atoms with Gasteiger partial charge in [-0.05, 0) is 44.4 Å². The van der Waals surface area contributed by atoms with E-state index in [1.165, 1.54) is 5.56 Å². The molecule has 0 heterocycles. The average molecular weight is 311 g/mol. The first-order chi connectivity index (χ1) is 9.90. The third kappa shape index (κ3) is 5.79. The second-order valence-electron chi connectivity index (χ2n) is 5.88. The van der Waals surface area contributed by atoms with Crippen molar-refractivity contribution in [2.24, 2.45) is 0 Å². The van der Waals surface area contributed by atoms with Gasteiger partial charge in [-0.15, -0.1) is 0 Å². The Morgan fingerprint density at radius 1 is 1.05 bits per heavy atom. The van der Waals surface area contributed by atoms with E-state index in [4.69, 9.17) is 0 Å². The smallest absolute Gasteiger partial charge is 0.154 e. The molecule has 1 unspecified atom stereocenters. The van der Waals surface area contributed by atoms with Crippen molar-refractivity contribution in [3.63, 3.8) is 0 Å². The van der Waals surface area contributed by atoms with Gasteiger partial charge in [-0.2, -0.15) is 0 Å². The SMILES string of the molecule is CCCNC(CS(=O)(=O)C(C)C)c1ccc(CCC)cc1. The molecule has 120 valence electrons. The summed E-state index contributed by atoms with van der Waals surface area (Å²) in [5, 5.41) is 3.04. The van der Waals surface area contributed by atoms with Crippen molar-refractivity contribution in [3.8, 4) is 0 Å². The third-order valence-electron chi connectivity index (χ3n) is 3.68. The van der Waals surface area contributed by atoms with Gasteiger partial charge in [-0.3, -0.25) is 0 Å². The molecule has 1 N–H and O–H groups in total. The maximum atomic E-state index is 12.2. The van der Waals surface area contributed by atoms with Gasteiger partial charge in [-0.25, -0.2) is 8.42 Å². The lowest BCUT2D eigenvalue weighted by Crippen LogP contribution is -2.31. The van der Waals surface area contributed by atoms with Crippen LogP contribution in [-0.2, 0) is 16.3 Å². The van der Waals surface area contributed by atoms with Gasteiger partial charge in [0.05, 0.1) is 11.0 Å². The lowest BCUT2D eigenvalue weighted by molar-refractivity contribution is 0.541. The summed E-state index contributed by atoms with van der Waals surface area (Å²) in [5.74, 6) is 0.164. The molecule has 0 aromatic heterocycles. The van der Waals surface area contributed by atoms with E-state index in [-0.39, 0.29) is 17.0 Å². The minimum absolute atomic E-state index is 0.118. The Hall–Kier alpha value is -0.870. The molecular weight excluding hydrogens is 282 g/mol. The van der Waals surface area contributed by atoms with E-state index < -0.39 is 9.84 Å². The van der Waals surface area contributed by atoms with Crippen LogP contribution in [0.25, 0.3) is 0 Å². The largest absolute Gasteiger partial charge is 0.309 e. The monoisotopic (exact) mass is 311 g/mol. The molecule has 0 bridgehead atoms. The van der Waals surface area contributed by atoms with Crippen LogP contribution in [0.5, 0.6) is 0 Å². The Balaban J connectivity index is 2.91. The van der Waals surface area contributed by atoms with E-state index in [0.717, 1.165) is 31.4 Å². The number of rotatable bonds is 9.